The van der Waals surface area contributed by atoms with Gasteiger partial charge in [0.15, 0.2) is 0 Å². The lowest BCUT2D eigenvalue weighted by Crippen LogP contribution is -2.42. The third-order valence-electron chi connectivity index (χ3n) is 2.40. The van der Waals surface area contributed by atoms with Crippen LogP contribution in [0.2, 0.25) is 0 Å². The molecular weight excluding hydrogens is 234 g/mol. The largest absolute Gasteiger partial charge is 0.382 e. The molecule has 1 aromatic rings. The first-order chi connectivity index (χ1) is 8.56. The first-order valence-electron chi connectivity index (χ1n) is 5.90. The molecule has 18 heavy (non-hydrogen) atoms. The molecule has 0 radical (unpaired) electrons. The molecule has 0 spiro atoms. The van der Waals surface area contributed by atoms with Crippen LogP contribution < -0.4 is 11.1 Å². The Balaban J connectivity index is 2.54. The van der Waals surface area contributed by atoms with E-state index in [1.165, 1.54) is 9.58 Å². The van der Waals surface area contributed by atoms with E-state index in [-0.39, 0.29) is 24.9 Å². The van der Waals surface area contributed by atoms with Crippen LogP contribution in [0.25, 0.3) is 0 Å². The van der Waals surface area contributed by atoms with E-state index in [4.69, 9.17) is 5.73 Å². The number of amides is 2. The summed E-state index contributed by atoms with van der Waals surface area (Å²) in [6.45, 7) is 4.86. The Labute approximate surface area is 106 Å². The van der Waals surface area contributed by atoms with Crippen LogP contribution in [0.4, 0.5) is 5.82 Å². The van der Waals surface area contributed by atoms with Gasteiger partial charge in [0.1, 0.15) is 12.4 Å². The van der Waals surface area contributed by atoms with Crippen molar-refractivity contribution in [1.82, 2.24) is 20.0 Å². The van der Waals surface area contributed by atoms with E-state index in [9.17, 15) is 9.59 Å². The number of rotatable bonds is 6. The van der Waals surface area contributed by atoms with Crippen LogP contribution in [0.1, 0.15) is 13.8 Å². The van der Waals surface area contributed by atoms with E-state index in [2.05, 4.69) is 10.4 Å². The van der Waals surface area contributed by atoms with Crippen molar-refractivity contribution >= 4 is 17.6 Å². The minimum absolute atomic E-state index is 0.0694. The molecule has 0 bridgehead atoms. The van der Waals surface area contributed by atoms with Gasteiger partial charge < -0.3 is 16.0 Å². The number of nitrogens with two attached hydrogens (primary N) is 1. The van der Waals surface area contributed by atoms with Crippen LogP contribution in [-0.2, 0) is 16.1 Å². The Bertz CT molecular complexity index is 415. The molecule has 0 fully saturated rings. The van der Waals surface area contributed by atoms with Gasteiger partial charge in [-0.05, 0) is 19.9 Å². The zero-order valence-corrected chi connectivity index (χ0v) is 10.7. The van der Waals surface area contributed by atoms with E-state index in [1.807, 2.05) is 13.8 Å². The maximum Gasteiger partial charge on any atom is 0.244 e. The second kappa shape index (κ2) is 6.63. The van der Waals surface area contributed by atoms with Gasteiger partial charge in [-0.25, -0.2) is 0 Å². The lowest BCUT2D eigenvalue weighted by molar-refractivity contribution is -0.136. The van der Waals surface area contributed by atoms with Crippen molar-refractivity contribution in [2.75, 3.05) is 25.4 Å². The van der Waals surface area contributed by atoms with Gasteiger partial charge in [0.2, 0.25) is 11.8 Å². The quantitative estimate of drug-likeness (QED) is 0.711. The molecule has 0 unspecified atom stereocenters. The molecule has 0 saturated carbocycles. The van der Waals surface area contributed by atoms with Crippen molar-refractivity contribution in [3.8, 4) is 0 Å². The van der Waals surface area contributed by atoms with E-state index >= 15 is 0 Å². The van der Waals surface area contributed by atoms with Crippen LogP contribution in [0.3, 0.4) is 0 Å². The average Bonchev–Trinajstić information content (AvgIpc) is 2.72. The highest BCUT2D eigenvalue weighted by Gasteiger charge is 2.15. The Morgan fingerprint density at radius 2 is 2.22 bits per heavy atom. The molecule has 0 atom stereocenters. The van der Waals surface area contributed by atoms with Gasteiger partial charge in [-0.15, -0.1) is 0 Å². The number of hydrogen-bond donors (Lipinski definition) is 2. The molecule has 0 aliphatic heterocycles. The molecule has 2 amide bonds. The van der Waals surface area contributed by atoms with Crippen molar-refractivity contribution in [3.63, 3.8) is 0 Å². The fourth-order valence-electron chi connectivity index (χ4n) is 1.51. The normalized spacial score (nSPS) is 10.1. The summed E-state index contributed by atoms with van der Waals surface area (Å²) in [5.74, 6) is 0.0501. The van der Waals surface area contributed by atoms with E-state index in [0.29, 0.717) is 18.9 Å². The molecule has 0 aliphatic carbocycles. The van der Waals surface area contributed by atoms with Crippen LogP contribution in [0.5, 0.6) is 0 Å². The second-order valence-electron chi connectivity index (χ2n) is 3.80. The summed E-state index contributed by atoms with van der Waals surface area (Å²) in [6, 6.07) is 1.62. The summed E-state index contributed by atoms with van der Waals surface area (Å²) in [5, 5.41) is 6.59. The topological polar surface area (TPSA) is 93.2 Å². The van der Waals surface area contributed by atoms with Crippen molar-refractivity contribution in [1.29, 1.82) is 0 Å². The zero-order valence-electron chi connectivity index (χ0n) is 10.7. The summed E-state index contributed by atoms with van der Waals surface area (Å²) >= 11 is 0. The van der Waals surface area contributed by atoms with Gasteiger partial charge in [-0.1, -0.05) is 0 Å². The number of aromatic nitrogens is 2. The predicted octanol–water partition coefficient (Wildman–Crippen LogP) is -0.550. The van der Waals surface area contributed by atoms with Crippen LogP contribution >= 0.6 is 0 Å². The number of anilines is 1. The summed E-state index contributed by atoms with van der Waals surface area (Å²) in [7, 11) is 0. The lowest BCUT2D eigenvalue weighted by Gasteiger charge is -2.20. The molecule has 0 aliphatic rings. The Morgan fingerprint density at radius 3 is 2.72 bits per heavy atom. The minimum atomic E-state index is -0.160. The van der Waals surface area contributed by atoms with Gasteiger partial charge >= 0.3 is 0 Å². The van der Waals surface area contributed by atoms with Crippen LogP contribution in [-0.4, -0.2) is 46.1 Å². The first-order valence-corrected chi connectivity index (χ1v) is 5.90. The maximum atomic E-state index is 11.9. The van der Waals surface area contributed by atoms with Gasteiger partial charge in [0, 0.05) is 19.3 Å². The first kappa shape index (κ1) is 14.0. The summed E-state index contributed by atoms with van der Waals surface area (Å²) in [4.78, 5) is 24.8. The fourth-order valence-corrected chi connectivity index (χ4v) is 1.51. The second-order valence-corrected chi connectivity index (χ2v) is 3.80. The smallest absolute Gasteiger partial charge is 0.244 e. The van der Waals surface area contributed by atoms with Crippen molar-refractivity contribution in [3.05, 3.63) is 12.3 Å². The summed E-state index contributed by atoms with van der Waals surface area (Å²) in [5.41, 5.74) is 5.46. The third-order valence-corrected chi connectivity index (χ3v) is 2.40. The number of hydrogen-bond acceptors (Lipinski definition) is 4. The number of nitrogens with zero attached hydrogens (tertiary/aromatic N) is 3. The number of nitrogen functional groups attached to an aromatic ring is 1. The standard InChI is InChI=1S/C11H19N5O2/c1-3-13-10(17)7-15(4-2)11(18)8-16-6-5-9(12)14-16/h5-6H,3-4,7-8H2,1-2H3,(H2,12,14)(H,13,17). The molecule has 3 N–H and O–H groups in total. The highest BCUT2D eigenvalue weighted by molar-refractivity contribution is 5.84. The fraction of sp³-hybridized carbons (Fsp3) is 0.545. The minimum Gasteiger partial charge on any atom is -0.382 e. The number of nitrogens with one attached hydrogen (secondary N) is 1. The molecular formula is C11H19N5O2. The SMILES string of the molecule is CCNC(=O)CN(CC)C(=O)Cn1ccc(N)n1. The Morgan fingerprint density at radius 1 is 1.50 bits per heavy atom. The van der Waals surface area contributed by atoms with E-state index < -0.39 is 0 Å². The lowest BCUT2D eigenvalue weighted by atomic mass is 10.4. The van der Waals surface area contributed by atoms with Gasteiger partial charge in [0.25, 0.3) is 0 Å². The van der Waals surface area contributed by atoms with Gasteiger partial charge in [-0.2, -0.15) is 5.10 Å². The molecule has 1 aromatic heterocycles. The molecule has 0 saturated heterocycles. The monoisotopic (exact) mass is 253 g/mol. The molecule has 7 heteroatoms. The summed E-state index contributed by atoms with van der Waals surface area (Å²) < 4.78 is 1.46. The molecule has 1 heterocycles. The molecule has 0 aromatic carbocycles. The Kier molecular flexibility index (Phi) is 5.16. The van der Waals surface area contributed by atoms with Crippen molar-refractivity contribution in [2.45, 2.75) is 20.4 Å². The van der Waals surface area contributed by atoms with Crippen molar-refractivity contribution < 1.29 is 9.59 Å². The van der Waals surface area contributed by atoms with E-state index in [1.54, 1.807) is 12.3 Å². The third kappa shape index (κ3) is 4.08. The predicted molar refractivity (Wildman–Crippen MR) is 67.6 cm³/mol. The molecule has 7 nitrogen and oxygen atoms in total. The van der Waals surface area contributed by atoms with Crippen molar-refractivity contribution in [2.24, 2.45) is 0 Å². The highest BCUT2D eigenvalue weighted by Crippen LogP contribution is 1.98. The Hall–Kier alpha value is -2.05. The average molecular weight is 253 g/mol. The molecule has 1 rings (SSSR count). The number of carbonyl (C=O) groups excluding carboxylic acids is 2. The number of carbonyl (C=O) groups is 2. The van der Waals surface area contributed by atoms with Gasteiger partial charge in [-0.3, -0.25) is 14.3 Å². The highest BCUT2D eigenvalue weighted by atomic mass is 16.2. The van der Waals surface area contributed by atoms with Gasteiger partial charge in [0.05, 0.1) is 6.54 Å². The molecule has 100 valence electrons. The summed E-state index contributed by atoms with van der Waals surface area (Å²) in [6.07, 6.45) is 1.63. The van der Waals surface area contributed by atoms with Crippen LogP contribution in [0.15, 0.2) is 12.3 Å². The maximum absolute atomic E-state index is 11.9. The number of likely N-dealkylation sites (N-methyl/N-ethyl adjacent to an activating group) is 2. The zero-order chi connectivity index (χ0) is 13.5. The van der Waals surface area contributed by atoms with E-state index in [0.717, 1.165) is 0 Å². The van der Waals surface area contributed by atoms with Crippen LogP contribution in [0, 0.1) is 0 Å².